The van der Waals surface area contributed by atoms with E-state index in [-0.39, 0.29) is 5.91 Å². The maximum atomic E-state index is 12.2. The predicted molar refractivity (Wildman–Crippen MR) is 90.5 cm³/mol. The van der Waals surface area contributed by atoms with Crippen LogP contribution in [0.15, 0.2) is 12.4 Å². The summed E-state index contributed by atoms with van der Waals surface area (Å²) in [4.78, 5) is 18.4. The molecule has 0 saturated heterocycles. The van der Waals surface area contributed by atoms with E-state index in [1.807, 2.05) is 50.5 Å². The fraction of sp³-hybridized carbons (Fsp3) is 0.562. The van der Waals surface area contributed by atoms with Gasteiger partial charge in [0.15, 0.2) is 0 Å². The second kappa shape index (κ2) is 7.41. The number of hydrogen-bond acceptors (Lipinski definition) is 4. The third-order valence-electron chi connectivity index (χ3n) is 4.01. The van der Waals surface area contributed by atoms with Crippen LogP contribution in [0, 0.1) is 20.8 Å². The molecule has 0 aliphatic carbocycles. The summed E-state index contributed by atoms with van der Waals surface area (Å²) in [5.41, 5.74) is 2.68. The number of nitrogens with zero attached hydrogens (tertiary/aromatic N) is 5. The van der Waals surface area contributed by atoms with Crippen LogP contribution in [0.1, 0.15) is 24.1 Å². The normalized spacial score (nSPS) is 11.2. The summed E-state index contributed by atoms with van der Waals surface area (Å²) in [6.45, 7) is 10.7. The van der Waals surface area contributed by atoms with Crippen LogP contribution < -0.4 is 5.32 Å². The van der Waals surface area contributed by atoms with Crippen molar-refractivity contribution >= 4 is 11.6 Å². The Hall–Kier alpha value is -2.15. The lowest BCUT2D eigenvalue weighted by atomic mass is 10.3. The number of nitrogens with one attached hydrogen (secondary N) is 1. The highest BCUT2D eigenvalue weighted by atomic mass is 16.2. The van der Waals surface area contributed by atoms with Gasteiger partial charge in [0.1, 0.15) is 5.82 Å². The molecule has 0 radical (unpaired) electrons. The molecule has 0 aliphatic rings. The molecule has 126 valence electrons. The Kier molecular flexibility index (Phi) is 5.54. The molecule has 2 heterocycles. The average Bonchev–Trinajstić information content (AvgIpc) is 3.02. The van der Waals surface area contributed by atoms with Gasteiger partial charge in [-0.25, -0.2) is 4.98 Å². The Morgan fingerprint density at radius 2 is 2.09 bits per heavy atom. The molecule has 0 fully saturated rings. The summed E-state index contributed by atoms with van der Waals surface area (Å²) in [6.07, 6.45) is 3.74. The minimum absolute atomic E-state index is 0.0169. The molecule has 0 aliphatic heterocycles. The fourth-order valence-corrected chi connectivity index (χ4v) is 2.61. The maximum Gasteiger partial charge on any atom is 0.238 e. The zero-order valence-corrected chi connectivity index (χ0v) is 14.6. The molecule has 1 amide bonds. The molecule has 2 aromatic rings. The molecular formula is C16H26N6O. The third-order valence-corrected chi connectivity index (χ3v) is 4.01. The number of rotatable bonds is 7. The average molecular weight is 318 g/mol. The molecular weight excluding hydrogens is 292 g/mol. The first-order chi connectivity index (χ1) is 10.9. The van der Waals surface area contributed by atoms with E-state index in [1.54, 1.807) is 6.20 Å². The summed E-state index contributed by atoms with van der Waals surface area (Å²) in [6, 6.07) is 0. The quantitative estimate of drug-likeness (QED) is 0.842. The molecule has 7 heteroatoms. The first kappa shape index (κ1) is 17.2. The number of anilines is 1. The van der Waals surface area contributed by atoms with Crippen LogP contribution in [-0.4, -0.2) is 50.3 Å². The summed E-state index contributed by atoms with van der Waals surface area (Å²) in [5, 5.41) is 7.40. The molecule has 0 saturated carbocycles. The summed E-state index contributed by atoms with van der Waals surface area (Å²) < 4.78 is 3.98. The SMILES string of the molecule is CCn1nc(C)c(NC(=O)CN(C)CCn2ccnc2C)c1C. The zero-order chi connectivity index (χ0) is 17.0. The summed E-state index contributed by atoms with van der Waals surface area (Å²) >= 11 is 0. The molecule has 0 unspecified atom stereocenters. The maximum absolute atomic E-state index is 12.2. The number of likely N-dealkylation sites (N-methyl/N-ethyl adjacent to an activating group) is 1. The Morgan fingerprint density at radius 1 is 1.35 bits per heavy atom. The second-order valence-electron chi connectivity index (χ2n) is 5.82. The second-order valence-corrected chi connectivity index (χ2v) is 5.82. The smallest absolute Gasteiger partial charge is 0.238 e. The third kappa shape index (κ3) is 4.19. The van der Waals surface area contributed by atoms with E-state index in [0.29, 0.717) is 6.54 Å². The summed E-state index contributed by atoms with van der Waals surface area (Å²) in [7, 11) is 1.95. The topological polar surface area (TPSA) is 68.0 Å². The van der Waals surface area contributed by atoms with Crippen molar-refractivity contribution < 1.29 is 4.79 Å². The number of aryl methyl sites for hydroxylation is 3. The van der Waals surface area contributed by atoms with Gasteiger partial charge in [-0.1, -0.05) is 0 Å². The molecule has 0 bridgehead atoms. The zero-order valence-electron chi connectivity index (χ0n) is 14.6. The Bertz CT molecular complexity index is 672. The van der Waals surface area contributed by atoms with Crippen molar-refractivity contribution in [2.75, 3.05) is 25.5 Å². The van der Waals surface area contributed by atoms with Gasteiger partial charge < -0.3 is 9.88 Å². The Labute approximate surface area is 137 Å². The first-order valence-corrected chi connectivity index (χ1v) is 7.92. The van der Waals surface area contributed by atoms with Gasteiger partial charge in [-0.15, -0.1) is 0 Å². The summed E-state index contributed by atoms with van der Waals surface area (Å²) in [5.74, 6) is 0.970. The van der Waals surface area contributed by atoms with Crippen molar-refractivity contribution in [3.05, 3.63) is 29.6 Å². The predicted octanol–water partition coefficient (Wildman–Crippen LogP) is 1.60. The lowest BCUT2D eigenvalue weighted by Crippen LogP contribution is -2.32. The Balaban J connectivity index is 1.87. The van der Waals surface area contributed by atoms with Crippen molar-refractivity contribution in [1.29, 1.82) is 0 Å². The molecule has 0 atom stereocenters. The monoisotopic (exact) mass is 318 g/mol. The van der Waals surface area contributed by atoms with Crippen LogP contribution in [0.4, 0.5) is 5.69 Å². The molecule has 2 aromatic heterocycles. The van der Waals surface area contributed by atoms with Crippen LogP contribution in [0.5, 0.6) is 0 Å². The van der Waals surface area contributed by atoms with E-state index >= 15 is 0 Å². The largest absolute Gasteiger partial charge is 0.334 e. The van der Waals surface area contributed by atoms with Crippen molar-refractivity contribution in [3.8, 4) is 0 Å². The minimum Gasteiger partial charge on any atom is -0.334 e. The van der Waals surface area contributed by atoms with E-state index in [4.69, 9.17) is 0 Å². The van der Waals surface area contributed by atoms with Crippen LogP contribution in [0.25, 0.3) is 0 Å². The standard InChI is InChI=1S/C16H26N6O/c1-6-22-13(3)16(12(2)19-22)18-15(23)11-20(5)9-10-21-8-7-17-14(21)4/h7-8H,6,9-11H2,1-5H3,(H,18,23). The van der Waals surface area contributed by atoms with Gasteiger partial charge in [0.05, 0.1) is 23.6 Å². The van der Waals surface area contributed by atoms with E-state index in [1.165, 1.54) is 0 Å². The number of aromatic nitrogens is 4. The highest BCUT2D eigenvalue weighted by molar-refractivity contribution is 5.93. The van der Waals surface area contributed by atoms with E-state index in [9.17, 15) is 4.79 Å². The van der Waals surface area contributed by atoms with Gasteiger partial charge in [0.25, 0.3) is 0 Å². The molecule has 1 N–H and O–H groups in total. The van der Waals surface area contributed by atoms with Crippen LogP contribution in [0.2, 0.25) is 0 Å². The van der Waals surface area contributed by atoms with E-state index in [2.05, 4.69) is 20.0 Å². The van der Waals surface area contributed by atoms with Gasteiger partial charge in [-0.05, 0) is 34.7 Å². The highest BCUT2D eigenvalue weighted by Gasteiger charge is 2.14. The molecule has 2 rings (SSSR count). The molecule has 23 heavy (non-hydrogen) atoms. The van der Waals surface area contributed by atoms with Crippen LogP contribution in [-0.2, 0) is 17.9 Å². The minimum atomic E-state index is -0.0169. The molecule has 0 aromatic carbocycles. The molecule has 7 nitrogen and oxygen atoms in total. The lowest BCUT2D eigenvalue weighted by molar-refractivity contribution is -0.117. The number of amides is 1. The first-order valence-electron chi connectivity index (χ1n) is 7.92. The van der Waals surface area contributed by atoms with Crippen molar-refractivity contribution in [1.82, 2.24) is 24.2 Å². The Morgan fingerprint density at radius 3 is 2.65 bits per heavy atom. The number of carbonyl (C=O) groups is 1. The van der Waals surface area contributed by atoms with Crippen molar-refractivity contribution in [2.24, 2.45) is 0 Å². The van der Waals surface area contributed by atoms with E-state index < -0.39 is 0 Å². The number of imidazole rings is 1. The van der Waals surface area contributed by atoms with Gasteiger partial charge in [0, 0.05) is 32.0 Å². The number of hydrogen-bond donors (Lipinski definition) is 1. The van der Waals surface area contributed by atoms with Crippen LogP contribution in [0.3, 0.4) is 0 Å². The van der Waals surface area contributed by atoms with Gasteiger partial charge >= 0.3 is 0 Å². The van der Waals surface area contributed by atoms with Crippen molar-refractivity contribution in [3.63, 3.8) is 0 Å². The number of carbonyl (C=O) groups excluding carboxylic acids is 1. The highest BCUT2D eigenvalue weighted by Crippen LogP contribution is 2.19. The fourth-order valence-electron chi connectivity index (χ4n) is 2.61. The van der Waals surface area contributed by atoms with E-state index in [0.717, 1.165) is 42.5 Å². The van der Waals surface area contributed by atoms with Gasteiger partial charge in [-0.2, -0.15) is 5.10 Å². The van der Waals surface area contributed by atoms with Gasteiger partial charge in [0.2, 0.25) is 5.91 Å². The van der Waals surface area contributed by atoms with Crippen LogP contribution >= 0.6 is 0 Å². The van der Waals surface area contributed by atoms with Gasteiger partial charge in [-0.3, -0.25) is 14.4 Å². The molecule has 0 spiro atoms. The lowest BCUT2D eigenvalue weighted by Gasteiger charge is -2.17. The van der Waals surface area contributed by atoms with Crippen molar-refractivity contribution in [2.45, 2.75) is 40.8 Å².